The number of nitriles is 1. The maximum atomic E-state index is 11.4. The van der Waals surface area contributed by atoms with E-state index in [1.807, 2.05) is 13.8 Å². The summed E-state index contributed by atoms with van der Waals surface area (Å²) in [5, 5.41) is 18.3. The van der Waals surface area contributed by atoms with Crippen LogP contribution in [0.4, 0.5) is 0 Å². The van der Waals surface area contributed by atoms with Crippen molar-refractivity contribution in [3.05, 3.63) is 0 Å². The Balaban J connectivity index is 2.45. The van der Waals surface area contributed by atoms with Crippen LogP contribution in [0.1, 0.15) is 20.3 Å². The summed E-state index contributed by atoms with van der Waals surface area (Å²) in [7, 11) is 1.27. The molecule has 0 saturated heterocycles. The molecule has 0 aromatic heterocycles. The van der Waals surface area contributed by atoms with Crippen molar-refractivity contribution >= 4 is 17.3 Å². The first kappa shape index (κ1) is 13.0. The van der Waals surface area contributed by atoms with Crippen LogP contribution in [0.15, 0.2) is 10.3 Å². The van der Waals surface area contributed by atoms with Gasteiger partial charge >= 0.3 is 0 Å². The van der Waals surface area contributed by atoms with Crippen LogP contribution in [0.25, 0.3) is 0 Å². The van der Waals surface area contributed by atoms with Crippen LogP contribution in [0.5, 0.6) is 0 Å². The third-order valence-electron chi connectivity index (χ3n) is 2.01. The second-order valence-electron chi connectivity index (χ2n) is 4.10. The van der Waals surface area contributed by atoms with Crippen LogP contribution in [0.3, 0.4) is 0 Å². The number of oxime groups is 2. The summed E-state index contributed by atoms with van der Waals surface area (Å²) in [6.45, 7) is 4.03. The quantitative estimate of drug-likeness (QED) is 0.558. The molecule has 0 bridgehead atoms. The van der Waals surface area contributed by atoms with E-state index in [0.717, 1.165) is 5.71 Å². The summed E-state index contributed by atoms with van der Waals surface area (Å²) in [6.07, 6.45) is 0.636. The molecule has 0 spiro atoms. The molecule has 92 valence electrons. The van der Waals surface area contributed by atoms with Gasteiger partial charge < -0.3 is 15.0 Å². The lowest BCUT2D eigenvalue weighted by atomic mass is 10.0. The van der Waals surface area contributed by atoms with Crippen LogP contribution in [0, 0.1) is 11.3 Å². The second-order valence-corrected chi connectivity index (χ2v) is 4.10. The Morgan fingerprint density at radius 3 is 2.94 bits per heavy atom. The van der Waals surface area contributed by atoms with Crippen LogP contribution >= 0.6 is 0 Å². The van der Waals surface area contributed by atoms with Gasteiger partial charge in [0.15, 0.2) is 0 Å². The zero-order valence-corrected chi connectivity index (χ0v) is 9.98. The highest BCUT2D eigenvalue weighted by molar-refractivity contribution is 6.45. The van der Waals surface area contributed by atoms with E-state index in [0.29, 0.717) is 6.42 Å². The zero-order chi connectivity index (χ0) is 12.9. The van der Waals surface area contributed by atoms with Crippen molar-refractivity contribution in [2.45, 2.75) is 25.9 Å². The van der Waals surface area contributed by atoms with Crippen molar-refractivity contribution in [1.82, 2.24) is 5.32 Å². The van der Waals surface area contributed by atoms with E-state index in [4.69, 9.17) is 10.1 Å². The van der Waals surface area contributed by atoms with Gasteiger partial charge in [0.25, 0.3) is 5.91 Å². The Labute approximate surface area is 99.0 Å². The molecule has 1 rings (SSSR count). The molecule has 0 aromatic rings. The van der Waals surface area contributed by atoms with Crippen molar-refractivity contribution < 1.29 is 14.5 Å². The molecule has 0 aromatic carbocycles. The summed E-state index contributed by atoms with van der Waals surface area (Å²) in [6, 6.07) is 1.64. The van der Waals surface area contributed by atoms with E-state index in [1.54, 1.807) is 6.07 Å². The van der Waals surface area contributed by atoms with E-state index in [2.05, 4.69) is 20.5 Å². The number of rotatable bonds is 4. The Kier molecular flexibility index (Phi) is 4.04. The average molecular weight is 238 g/mol. The number of amides is 1. The first-order valence-electron chi connectivity index (χ1n) is 5.02. The Morgan fingerprint density at radius 1 is 1.76 bits per heavy atom. The monoisotopic (exact) mass is 238 g/mol. The Hall–Kier alpha value is -2.10. The van der Waals surface area contributed by atoms with Gasteiger partial charge in [0.2, 0.25) is 5.71 Å². The van der Waals surface area contributed by atoms with Crippen LogP contribution in [-0.2, 0) is 14.5 Å². The number of nitrogens with one attached hydrogen (secondary N) is 1. The fourth-order valence-electron chi connectivity index (χ4n) is 1.31. The molecule has 0 atom stereocenters. The summed E-state index contributed by atoms with van der Waals surface area (Å²) in [5.41, 5.74) is 0.0583. The van der Waals surface area contributed by atoms with Gasteiger partial charge in [0.1, 0.15) is 18.8 Å². The standard InChI is InChI=1S/C10H14N4O3/c1-10(2)4-7(13-17-10)6-12-9(15)8(5-11)14-16-3/h4,6H2,1-3H3,(H,12,15)/b14-8-. The third kappa shape index (κ3) is 3.75. The molecular weight excluding hydrogens is 224 g/mol. The van der Waals surface area contributed by atoms with E-state index in [-0.39, 0.29) is 17.9 Å². The molecule has 1 aliphatic rings. The number of nitrogens with zero attached hydrogens (tertiary/aromatic N) is 3. The van der Waals surface area contributed by atoms with Gasteiger partial charge in [0.05, 0.1) is 12.3 Å². The molecule has 17 heavy (non-hydrogen) atoms. The topological polar surface area (TPSA) is 96.1 Å². The molecule has 0 unspecified atom stereocenters. The highest BCUT2D eigenvalue weighted by Crippen LogP contribution is 2.21. The number of carbonyl (C=O) groups excluding carboxylic acids is 1. The van der Waals surface area contributed by atoms with E-state index in [1.165, 1.54) is 7.11 Å². The molecule has 7 nitrogen and oxygen atoms in total. The molecule has 1 aliphatic heterocycles. The summed E-state index contributed by atoms with van der Waals surface area (Å²) in [4.78, 5) is 20.9. The molecule has 1 heterocycles. The minimum atomic E-state index is -0.596. The number of carbonyl (C=O) groups is 1. The second kappa shape index (κ2) is 5.30. The predicted molar refractivity (Wildman–Crippen MR) is 60.3 cm³/mol. The number of hydrogen-bond acceptors (Lipinski definition) is 6. The Bertz CT molecular complexity index is 406. The number of hydrogen-bond donors (Lipinski definition) is 1. The van der Waals surface area contributed by atoms with Crippen molar-refractivity contribution in [3.8, 4) is 6.07 Å². The predicted octanol–water partition coefficient (Wildman–Crippen LogP) is 0.183. The van der Waals surface area contributed by atoms with Gasteiger partial charge in [0, 0.05) is 6.42 Å². The fourth-order valence-corrected chi connectivity index (χ4v) is 1.31. The molecular formula is C10H14N4O3. The van der Waals surface area contributed by atoms with E-state index in [9.17, 15) is 4.79 Å². The third-order valence-corrected chi connectivity index (χ3v) is 2.01. The van der Waals surface area contributed by atoms with Crippen LogP contribution in [0.2, 0.25) is 0 Å². The molecule has 0 fully saturated rings. The van der Waals surface area contributed by atoms with E-state index >= 15 is 0 Å². The lowest BCUT2D eigenvalue weighted by Gasteiger charge is -2.13. The smallest absolute Gasteiger partial charge is 0.284 e. The van der Waals surface area contributed by atoms with Crippen molar-refractivity contribution in [3.63, 3.8) is 0 Å². The summed E-state index contributed by atoms with van der Waals surface area (Å²) in [5.74, 6) is -0.596. The molecule has 0 saturated carbocycles. The largest absolute Gasteiger partial charge is 0.398 e. The first-order chi connectivity index (χ1) is 7.98. The van der Waals surface area contributed by atoms with Gasteiger partial charge in [-0.2, -0.15) is 5.26 Å². The van der Waals surface area contributed by atoms with Crippen molar-refractivity contribution in [2.75, 3.05) is 13.7 Å². The molecule has 1 amide bonds. The first-order valence-corrected chi connectivity index (χ1v) is 5.02. The average Bonchev–Trinajstić information content (AvgIpc) is 2.62. The minimum absolute atomic E-state index is 0.229. The maximum Gasteiger partial charge on any atom is 0.284 e. The van der Waals surface area contributed by atoms with Gasteiger partial charge in [-0.1, -0.05) is 10.3 Å². The molecule has 1 N–H and O–H groups in total. The van der Waals surface area contributed by atoms with Gasteiger partial charge in [-0.25, -0.2) is 0 Å². The minimum Gasteiger partial charge on any atom is -0.398 e. The van der Waals surface area contributed by atoms with Crippen LogP contribution < -0.4 is 5.32 Å². The maximum absolute atomic E-state index is 11.4. The van der Waals surface area contributed by atoms with Crippen molar-refractivity contribution in [1.29, 1.82) is 5.26 Å². The summed E-state index contributed by atoms with van der Waals surface area (Å²) < 4.78 is 0. The molecule has 0 aliphatic carbocycles. The summed E-state index contributed by atoms with van der Waals surface area (Å²) >= 11 is 0. The zero-order valence-electron chi connectivity index (χ0n) is 9.98. The highest BCUT2D eigenvalue weighted by Gasteiger charge is 2.28. The van der Waals surface area contributed by atoms with Gasteiger partial charge in [-0.3, -0.25) is 4.79 Å². The van der Waals surface area contributed by atoms with Crippen molar-refractivity contribution in [2.24, 2.45) is 10.3 Å². The molecule has 0 radical (unpaired) electrons. The highest BCUT2D eigenvalue weighted by atomic mass is 16.7. The van der Waals surface area contributed by atoms with Crippen LogP contribution in [-0.4, -0.2) is 36.6 Å². The van der Waals surface area contributed by atoms with Gasteiger partial charge in [-0.15, -0.1) is 0 Å². The fraction of sp³-hybridized carbons (Fsp3) is 0.600. The SMILES string of the molecule is CO/N=C(/C#N)C(=O)NCC1=NOC(C)(C)C1. The van der Waals surface area contributed by atoms with E-state index < -0.39 is 5.91 Å². The lowest BCUT2D eigenvalue weighted by Crippen LogP contribution is -2.35. The Morgan fingerprint density at radius 2 is 2.47 bits per heavy atom. The normalized spacial score (nSPS) is 17.8. The molecule has 7 heteroatoms. The van der Waals surface area contributed by atoms with Gasteiger partial charge in [-0.05, 0) is 13.8 Å². The lowest BCUT2D eigenvalue weighted by molar-refractivity contribution is -0.114.